The van der Waals surface area contributed by atoms with E-state index >= 15 is 0 Å². The molecule has 0 saturated heterocycles. The van der Waals surface area contributed by atoms with Gasteiger partial charge in [-0.25, -0.2) is 0 Å². The van der Waals surface area contributed by atoms with E-state index < -0.39 is 0 Å². The lowest BCUT2D eigenvalue weighted by Crippen LogP contribution is -2.60. The highest BCUT2D eigenvalue weighted by molar-refractivity contribution is 4.97. The van der Waals surface area contributed by atoms with Gasteiger partial charge >= 0.3 is 0 Å². The number of nitrogens with one attached hydrogen (secondary N) is 1. The molecule has 1 fully saturated rings. The summed E-state index contributed by atoms with van der Waals surface area (Å²) in [7, 11) is 0. The smallest absolute Gasteiger partial charge is 0.0990 e. The number of ether oxygens (including phenoxy) is 2. The minimum Gasteiger partial charge on any atom is -0.375 e. The van der Waals surface area contributed by atoms with Gasteiger partial charge in [0.2, 0.25) is 0 Å². The van der Waals surface area contributed by atoms with Gasteiger partial charge in [0.15, 0.2) is 0 Å². The van der Waals surface area contributed by atoms with Gasteiger partial charge < -0.3 is 14.8 Å². The van der Waals surface area contributed by atoms with E-state index in [1.54, 1.807) is 0 Å². The van der Waals surface area contributed by atoms with E-state index in [0.717, 1.165) is 26.2 Å². The van der Waals surface area contributed by atoms with Gasteiger partial charge in [-0.1, -0.05) is 33.1 Å². The third kappa shape index (κ3) is 5.25. The van der Waals surface area contributed by atoms with E-state index in [-0.39, 0.29) is 6.10 Å². The molecule has 0 radical (unpaired) electrons. The highest BCUT2D eigenvalue weighted by Gasteiger charge is 2.42. The second-order valence-electron chi connectivity index (χ2n) is 5.19. The quantitative estimate of drug-likeness (QED) is 0.577. The van der Waals surface area contributed by atoms with E-state index in [2.05, 4.69) is 26.1 Å². The Kier molecular flexibility index (Phi) is 8.64. The van der Waals surface area contributed by atoms with Gasteiger partial charge in [-0.3, -0.25) is 0 Å². The fourth-order valence-corrected chi connectivity index (χ4v) is 2.45. The Morgan fingerprint density at radius 3 is 2.50 bits per heavy atom. The predicted molar refractivity (Wildman–Crippen MR) is 76.0 cm³/mol. The highest BCUT2D eigenvalue weighted by Crippen LogP contribution is 2.27. The lowest BCUT2D eigenvalue weighted by Gasteiger charge is -2.44. The molecule has 18 heavy (non-hydrogen) atoms. The lowest BCUT2D eigenvalue weighted by molar-refractivity contribution is -0.145. The van der Waals surface area contributed by atoms with Crippen molar-refractivity contribution in [1.29, 1.82) is 0 Å². The summed E-state index contributed by atoms with van der Waals surface area (Å²) in [5.41, 5.74) is 0. The van der Waals surface area contributed by atoms with Gasteiger partial charge in [0, 0.05) is 19.3 Å². The fourth-order valence-electron chi connectivity index (χ4n) is 2.45. The molecule has 1 aliphatic carbocycles. The van der Waals surface area contributed by atoms with Crippen LogP contribution in [0.3, 0.4) is 0 Å². The van der Waals surface area contributed by atoms with Crippen LogP contribution in [0.5, 0.6) is 0 Å². The van der Waals surface area contributed by atoms with E-state index in [1.165, 1.54) is 32.1 Å². The molecule has 0 aliphatic heterocycles. The molecule has 108 valence electrons. The van der Waals surface area contributed by atoms with Crippen LogP contribution in [0.2, 0.25) is 0 Å². The Labute approximate surface area is 113 Å². The van der Waals surface area contributed by atoms with Crippen LogP contribution < -0.4 is 5.32 Å². The molecule has 0 heterocycles. The van der Waals surface area contributed by atoms with Crippen LogP contribution in [-0.4, -0.2) is 38.0 Å². The number of rotatable bonds is 11. The van der Waals surface area contributed by atoms with E-state index in [4.69, 9.17) is 9.47 Å². The van der Waals surface area contributed by atoms with Gasteiger partial charge in [0.25, 0.3) is 0 Å². The molecule has 1 aliphatic rings. The summed E-state index contributed by atoms with van der Waals surface area (Å²) >= 11 is 0. The summed E-state index contributed by atoms with van der Waals surface area (Å²) in [6, 6.07) is 0.505. The molecule has 0 amide bonds. The Balaban J connectivity index is 2.13. The minimum absolute atomic E-state index is 0.271. The first-order valence-electron chi connectivity index (χ1n) is 7.80. The first-order chi connectivity index (χ1) is 8.83. The SMILES string of the molecule is CCCCCCOC1CC(NCCC)C1OCC. The van der Waals surface area contributed by atoms with Gasteiger partial charge in [-0.05, 0) is 32.7 Å². The standard InChI is InChI=1S/C15H31NO2/c1-4-7-8-9-11-18-14-12-13(16-10-5-2)15(14)17-6-3/h13-16H,4-12H2,1-3H3. The molecule has 0 bridgehead atoms. The molecule has 1 saturated carbocycles. The van der Waals surface area contributed by atoms with Gasteiger partial charge in [0.05, 0.1) is 12.2 Å². The predicted octanol–water partition coefficient (Wildman–Crippen LogP) is 3.13. The Bertz CT molecular complexity index is 199. The molecule has 0 spiro atoms. The van der Waals surface area contributed by atoms with Crippen LogP contribution in [0.1, 0.15) is 59.3 Å². The zero-order chi connectivity index (χ0) is 13.2. The van der Waals surface area contributed by atoms with Crippen LogP contribution in [-0.2, 0) is 9.47 Å². The van der Waals surface area contributed by atoms with Gasteiger partial charge in [-0.15, -0.1) is 0 Å². The monoisotopic (exact) mass is 257 g/mol. The molecule has 3 heteroatoms. The van der Waals surface area contributed by atoms with Crippen molar-refractivity contribution in [2.45, 2.75) is 77.5 Å². The zero-order valence-corrected chi connectivity index (χ0v) is 12.4. The third-order valence-electron chi connectivity index (χ3n) is 3.59. The summed E-state index contributed by atoms with van der Waals surface area (Å²) in [4.78, 5) is 0. The second kappa shape index (κ2) is 9.76. The van der Waals surface area contributed by atoms with Gasteiger partial charge in [-0.2, -0.15) is 0 Å². The average molecular weight is 257 g/mol. The van der Waals surface area contributed by atoms with Crippen molar-refractivity contribution in [3.8, 4) is 0 Å². The van der Waals surface area contributed by atoms with Crippen LogP contribution in [0.25, 0.3) is 0 Å². The minimum atomic E-state index is 0.271. The molecular weight excluding hydrogens is 226 g/mol. The van der Waals surface area contributed by atoms with Crippen LogP contribution in [0.4, 0.5) is 0 Å². The summed E-state index contributed by atoms with van der Waals surface area (Å²) in [6.07, 6.45) is 7.97. The molecule has 1 N–H and O–H groups in total. The normalized spacial score (nSPS) is 27.2. The van der Waals surface area contributed by atoms with Crippen molar-refractivity contribution in [1.82, 2.24) is 5.32 Å². The summed E-state index contributed by atoms with van der Waals surface area (Å²) < 4.78 is 11.7. The van der Waals surface area contributed by atoms with Crippen molar-refractivity contribution in [3.05, 3.63) is 0 Å². The Hall–Kier alpha value is -0.120. The van der Waals surface area contributed by atoms with Crippen molar-refractivity contribution >= 4 is 0 Å². The number of hydrogen-bond donors (Lipinski definition) is 1. The van der Waals surface area contributed by atoms with Crippen LogP contribution in [0, 0.1) is 0 Å². The van der Waals surface area contributed by atoms with Crippen LogP contribution >= 0.6 is 0 Å². The van der Waals surface area contributed by atoms with E-state index in [0.29, 0.717) is 12.1 Å². The molecule has 3 atom stereocenters. The Morgan fingerprint density at radius 1 is 1.00 bits per heavy atom. The molecule has 0 aromatic carbocycles. The van der Waals surface area contributed by atoms with Gasteiger partial charge in [0.1, 0.15) is 0 Å². The van der Waals surface area contributed by atoms with E-state index in [1.807, 2.05) is 0 Å². The molecular formula is C15H31NO2. The largest absolute Gasteiger partial charge is 0.375 e. The molecule has 0 aromatic heterocycles. The van der Waals surface area contributed by atoms with Crippen LogP contribution in [0.15, 0.2) is 0 Å². The summed E-state index contributed by atoms with van der Waals surface area (Å²) in [5, 5.41) is 3.54. The topological polar surface area (TPSA) is 30.5 Å². The maximum Gasteiger partial charge on any atom is 0.0990 e. The Morgan fingerprint density at radius 2 is 1.83 bits per heavy atom. The molecule has 1 rings (SSSR count). The first kappa shape index (κ1) is 15.9. The lowest BCUT2D eigenvalue weighted by atomic mass is 9.85. The maximum atomic E-state index is 5.93. The highest BCUT2D eigenvalue weighted by atomic mass is 16.5. The third-order valence-corrected chi connectivity index (χ3v) is 3.59. The second-order valence-corrected chi connectivity index (χ2v) is 5.19. The number of unbranched alkanes of at least 4 members (excludes halogenated alkanes) is 3. The zero-order valence-electron chi connectivity index (χ0n) is 12.4. The average Bonchev–Trinajstić information content (AvgIpc) is 2.37. The molecule has 0 aromatic rings. The maximum absolute atomic E-state index is 5.93. The molecule has 3 nitrogen and oxygen atoms in total. The summed E-state index contributed by atoms with van der Waals surface area (Å²) in [5.74, 6) is 0. The molecule has 3 unspecified atom stereocenters. The summed E-state index contributed by atoms with van der Waals surface area (Å²) in [6.45, 7) is 9.26. The first-order valence-corrected chi connectivity index (χ1v) is 7.80. The van der Waals surface area contributed by atoms with Crippen molar-refractivity contribution in [3.63, 3.8) is 0 Å². The fraction of sp³-hybridized carbons (Fsp3) is 1.00. The van der Waals surface area contributed by atoms with Crippen molar-refractivity contribution in [2.75, 3.05) is 19.8 Å². The number of hydrogen-bond acceptors (Lipinski definition) is 3. The van der Waals surface area contributed by atoms with E-state index in [9.17, 15) is 0 Å². The van der Waals surface area contributed by atoms with Crippen molar-refractivity contribution in [2.24, 2.45) is 0 Å². The van der Waals surface area contributed by atoms with Crippen molar-refractivity contribution < 1.29 is 9.47 Å².